The molecule has 106 valence electrons. The van der Waals surface area contributed by atoms with E-state index in [2.05, 4.69) is 0 Å². The zero-order valence-electron chi connectivity index (χ0n) is 11.1. The minimum atomic E-state index is -1.69. The van der Waals surface area contributed by atoms with Crippen molar-refractivity contribution in [3.63, 3.8) is 0 Å². The fourth-order valence-corrected chi connectivity index (χ4v) is 4.13. The van der Waals surface area contributed by atoms with Crippen LogP contribution in [0.1, 0.15) is 31.2 Å². The number of hydrogen-bond acceptors (Lipinski definition) is 5. The molecule has 1 atom stereocenters. The zero-order valence-corrected chi connectivity index (χ0v) is 11.1. The largest absolute Gasteiger partial charge is 0.753 e. The number of benzene rings is 1. The first-order valence-electron chi connectivity index (χ1n) is 7.25. The standard InChI is InChI=1S/C14H17BNO4/c17-15(18)13-14(9-5-6-9,10-7-8-10)11-3-1-2-4-12(11)20-16(13)19/h1-4,9-10,13,17-18H,5-8H2/q-1. The van der Waals surface area contributed by atoms with E-state index in [0.717, 1.165) is 31.2 Å². The predicted octanol–water partition coefficient (Wildman–Crippen LogP) is 1.23. The Morgan fingerprint density at radius 1 is 1.15 bits per heavy atom. The second kappa shape index (κ2) is 4.21. The molecule has 6 heteroatoms. The molecule has 0 radical (unpaired) electrons. The summed E-state index contributed by atoms with van der Waals surface area (Å²) >= 11 is 0. The topological polar surface area (TPSA) is 76.0 Å². The smallest absolute Gasteiger partial charge is 0.473 e. The van der Waals surface area contributed by atoms with Crippen LogP contribution in [0.25, 0.3) is 0 Å². The van der Waals surface area contributed by atoms with Crippen molar-refractivity contribution in [1.29, 1.82) is 0 Å². The van der Waals surface area contributed by atoms with Crippen LogP contribution in [0.15, 0.2) is 24.3 Å². The third-order valence-electron chi connectivity index (χ3n) is 5.05. The van der Waals surface area contributed by atoms with Gasteiger partial charge in [-0.25, -0.2) is 5.23 Å². The summed E-state index contributed by atoms with van der Waals surface area (Å²) in [6.45, 7) is 0. The molecule has 1 aliphatic heterocycles. The maximum Gasteiger partial charge on any atom is 0.473 e. The Balaban J connectivity index is 1.93. The molecule has 0 amide bonds. The summed E-state index contributed by atoms with van der Waals surface area (Å²) in [4.78, 5) is 5.27. The highest BCUT2D eigenvalue weighted by Gasteiger charge is 2.64. The zero-order chi connectivity index (χ0) is 13.9. The lowest BCUT2D eigenvalue weighted by Crippen LogP contribution is -2.63. The Labute approximate surface area is 117 Å². The quantitative estimate of drug-likeness (QED) is 0.811. The number of para-hydroxylation sites is 1. The van der Waals surface area contributed by atoms with Crippen LogP contribution in [0.5, 0.6) is 5.75 Å². The molecule has 5 nitrogen and oxygen atoms in total. The molecule has 1 unspecified atom stereocenters. The summed E-state index contributed by atoms with van der Waals surface area (Å²) in [6.07, 6.45) is 4.17. The molecule has 1 aromatic rings. The van der Waals surface area contributed by atoms with Crippen molar-refractivity contribution in [3.8, 4) is 5.75 Å². The molecular weight excluding hydrogens is 257 g/mol. The van der Waals surface area contributed by atoms with Gasteiger partial charge in [0.15, 0.2) is 0 Å². The maximum absolute atomic E-state index is 12.3. The van der Waals surface area contributed by atoms with E-state index in [1.54, 1.807) is 6.07 Å². The molecule has 2 N–H and O–H groups in total. The molecule has 0 bridgehead atoms. The van der Waals surface area contributed by atoms with E-state index >= 15 is 0 Å². The molecular formula is C14H17BNO4-. The number of rotatable bonds is 3. The van der Waals surface area contributed by atoms with E-state index in [1.807, 2.05) is 18.2 Å². The highest BCUT2D eigenvalue weighted by Crippen LogP contribution is 2.64. The number of hydroxylamine groups is 2. The van der Waals surface area contributed by atoms with Crippen LogP contribution < -0.4 is 4.84 Å². The van der Waals surface area contributed by atoms with Gasteiger partial charge in [0.2, 0.25) is 0 Å². The van der Waals surface area contributed by atoms with Gasteiger partial charge >= 0.3 is 7.12 Å². The number of fused-ring (bicyclic) bond motifs is 1. The predicted molar refractivity (Wildman–Crippen MR) is 73.4 cm³/mol. The highest BCUT2D eigenvalue weighted by atomic mass is 16.9. The molecule has 2 aliphatic carbocycles. The van der Waals surface area contributed by atoms with Crippen molar-refractivity contribution in [2.75, 3.05) is 0 Å². The Hall–Kier alpha value is -1.08. The fraction of sp³-hybridized carbons (Fsp3) is 0.571. The molecule has 0 saturated heterocycles. The Bertz CT molecular complexity index is 518. The van der Waals surface area contributed by atoms with Gasteiger partial charge in [0, 0.05) is 11.0 Å². The van der Waals surface area contributed by atoms with Crippen LogP contribution in [-0.4, -0.2) is 28.3 Å². The summed E-state index contributed by atoms with van der Waals surface area (Å²) < 4.78 is 0. The average Bonchev–Trinajstić information content (AvgIpc) is 3.28. The second-order valence-corrected chi connectivity index (χ2v) is 6.21. The van der Waals surface area contributed by atoms with Crippen LogP contribution in [0.3, 0.4) is 0 Å². The van der Waals surface area contributed by atoms with Crippen molar-refractivity contribution < 1.29 is 14.9 Å². The van der Waals surface area contributed by atoms with Gasteiger partial charge in [-0.3, -0.25) is 0 Å². The molecule has 1 heterocycles. The number of hydrogen-bond donors (Lipinski definition) is 2. The van der Waals surface area contributed by atoms with Crippen LogP contribution >= 0.6 is 0 Å². The first-order valence-corrected chi connectivity index (χ1v) is 7.25. The van der Waals surface area contributed by atoms with E-state index in [1.165, 1.54) is 0 Å². The van der Waals surface area contributed by atoms with Gasteiger partial charge < -0.3 is 20.1 Å². The Morgan fingerprint density at radius 3 is 2.30 bits per heavy atom. The average molecular weight is 274 g/mol. The molecule has 2 saturated carbocycles. The van der Waals surface area contributed by atoms with E-state index in [4.69, 9.17) is 4.84 Å². The van der Waals surface area contributed by atoms with Crippen molar-refractivity contribution in [2.45, 2.75) is 37.0 Å². The van der Waals surface area contributed by atoms with Gasteiger partial charge in [0.1, 0.15) is 5.75 Å². The Morgan fingerprint density at radius 2 is 1.75 bits per heavy atom. The molecule has 1 aromatic carbocycles. The van der Waals surface area contributed by atoms with E-state index < -0.39 is 18.5 Å². The lowest BCUT2D eigenvalue weighted by Gasteiger charge is -2.53. The molecule has 20 heavy (non-hydrogen) atoms. The molecule has 2 fully saturated rings. The summed E-state index contributed by atoms with van der Waals surface area (Å²) in [5.41, 5.74) is 0.514. The minimum absolute atomic E-state index is 0.350. The summed E-state index contributed by atoms with van der Waals surface area (Å²) in [6, 6.07) is 7.55. The van der Waals surface area contributed by atoms with Crippen molar-refractivity contribution in [2.24, 2.45) is 11.8 Å². The summed E-state index contributed by atoms with van der Waals surface area (Å²) in [5.74, 6) is 0.335. The van der Waals surface area contributed by atoms with Gasteiger partial charge in [-0.15, -0.1) is 0 Å². The second-order valence-electron chi connectivity index (χ2n) is 6.21. The molecule has 0 aromatic heterocycles. The SMILES string of the molecule is [O-]N1Oc2ccccc2C(C2CC2)(C2CC2)C1B(O)O. The summed E-state index contributed by atoms with van der Waals surface area (Å²) in [5, 5.41) is 32.3. The third-order valence-corrected chi connectivity index (χ3v) is 5.05. The van der Waals surface area contributed by atoms with Gasteiger partial charge in [-0.05, 0) is 43.6 Å². The lowest BCUT2D eigenvalue weighted by atomic mass is 9.54. The third kappa shape index (κ3) is 1.59. The van der Waals surface area contributed by atoms with E-state index in [9.17, 15) is 15.3 Å². The van der Waals surface area contributed by atoms with Crippen LogP contribution in [0.2, 0.25) is 0 Å². The van der Waals surface area contributed by atoms with Crippen LogP contribution in [-0.2, 0) is 5.41 Å². The van der Waals surface area contributed by atoms with Crippen molar-refractivity contribution in [1.82, 2.24) is 5.23 Å². The van der Waals surface area contributed by atoms with Gasteiger partial charge in [-0.2, -0.15) is 0 Å². The van der Waals surface area contributed by atoms with Gasteiger partial charge in [-0.1, -0.05) is 18.2 Å². The van der Waals surface area contributed by atoms with E-state index in [-0.39, 0.29) is 0 Å². The van der Waals surface area contributed by atoms with Crippen molar-refractivity contribution in [3.05, 3.63) is 35.0 Å². The van der Waals surface area contributed by atoms with Crippen molar-refractivity contribution >= 4 is 7.12 Å². The monoisotopic (exact) mass is 274 g/mol. The van der Waals surface area contributed by atoms with Crippen LogP contribution in [0, 0.1) is 17.0 Å². The molecule has 3 aliphatic rings. The maximum atomic E-state index is 12.3. The van der Waals surface area contributed by atoms with E-state index in [0.29, 0.717) is 22.8 Å². The van der Waals surface area contributed by atoms with Crippen LogP contribution in [0.4, 0.5) is 0 Å². The van der Waals surface area contributed by atoms with Gasteiger partial charge in [0.25, 0.3) is 0 Å². The minimum Gasteiger partial charge on any atom is -0.753 e. The fourth-order valence-electron chi connectivity index (χ4n) is 4.13. The lowest BCUT2D eigenvalue weighted by molar-refractivity contribution is -0.0856. The molecule has 4 rings (SSSR count). The molecule has 0 spiro atoms. The van der Waals surface area contributed by atoms with Gasteiger partial charge in [0.05, 0.1) is 5.94 Å². The first kappa shape index (κ1) is 12.6. The number of nitrogens with zero attached hydrogens (tertiary/aromatic N) is 1. The Kier molecular flexibility index (Phi) is 2.66. The normalized spacial score (nSPS) is 28.6. The highest BCUT2D eigenvalue weighted by molar-refractivity contribution is 6.43. The summed E-state index contributed by atoms with van der Waals surface area (Å²) in [7, 11) is -1.69. The first-order chi connectivity index (χ1) is 9.65.